The van der Waals surface area contributed by atoms with Crippen LogP contribution in [0.5, 0.6) is 0 Å². The van der Waals surface area contributed by atoms with Crippen molar-refractivity contribution in [3.63, 3.8) is 0 Å². The molecule has 0 atom stereocenters. The fourth-order valence-electron chi connectivity index (χ4n) is 0.721. The number of hydrogen-bond acceptors (Lipinski definition) is 2. The van der Waals surface area contributed by atoms with Gasteiger partial charge in [-0.2, -0.15) is 5.10 Å². The van der Waals surface area contributed by atoms with Crippen LogP contribution in [0, 0.1) is 17.5 Å². The van der Waals surface area contributed by atoms with Crippen LogP contribution in [0.4, 0.5) is 13.2 Å². The van der Waals surface area contributed by atoms with Gasteiger partial charge < -0.3 is 5.84 Å². The van der Waals surface area contributed by atoms with E-state index in [1.165, 1.54) is 0 Å². The third kappa shape index (κ3) is 1.39. The van der Waals surface area contributed by atoms with Crippen molar-refractivity contribution in [1.29, 1.82) is 0 Å². The third-order valence-corrected chi connectivity index (χ3v) is 1.28. The van der Waals surface area contributed by atoms with Crippen molar-refractivity contribution >= 4 is 6.21 Å². The standard InChI is InChI=1S/C7H5F3N2/c8-5-2-1-4(3-12-11)6(9)7(5)10/h1-3H,11H2. The van der Waals surface area contributed by atoms with Crippen LogP contribution >= 0.6 is 0 Å². The molecule has 0 aliphatic heterocycles. The molecule has 0 radical (unpaired) electrons. The number of nitrogens with zero attached hydrogens (tertiary/aromatic N) is 1. The van der Waals surface area contributed by atoms with Crippen LogP contribution in [-0.4, -0.2) is 6.21 Å². The lowest BCUT2D eigenvalue weighted by atomic mass is 10.2. The normalized spacial score (nSPS) is 10.9. The average Bonchev–Trinajstić information content (AvgIpc) is 2.07. The van der Waals surface area contributed by atoms with E-state index in [-0.39, 0.29) is 5.56 Å². The van der Waals surface area contributed by atoms with Gasteiger partial charge in [0, 0.05) is 5.56 Å². The Hall–Kier alpha value is -1.52. The van der Waals surface area contributed by atoms with Crippen molar-refractivity contribution < 1.29 is 13.2 Å². The van der Waals surface area contributed by atoms with Gasteiger partial charge in [0.15, 0.2) is 17.5 Å². The molecule has 0 saturated carbocycles. The van der Waals surface area contributed by atoms with Crippen molar-refractivity contribution in [3.8, 4) is 0 Å². The van der Waals surface area contributed by atoms with Gasteiger partial charge in [0.1, 0.15) is 0 Å². The molecule has 0 aromatic heterocycles. The molecule has 0 aliphatic carbocycles. The molecule has 0 bridgehead atoms. The first-order chi connectivity index (χ1) is 5.66. The van der Waals surface area contributed by atoms with Crippen LogP contribution in [-0.2, 0) is 0 Å². The second kappa shape index (κ2) is 3.25. The summed E-state index contributed by atoms with van der Waals surface area (Å²) < 4.78 is 37.5. The summed E-state index contributed by atoms with van der Waals surface area (Å²) in [6, 6.07) is 1.85. The molecule has 2 nitrogen and oxygen atoms in total. The lowest BCUT2D eigenvalue weighted by Gasteiger charge is -1.97. The van der Waals surface area contributed by atoms with Gasteiger partial charge in [-0.15, -0.1) is 0 Å². The molecule has 0 heterocycles. The van der Waals surface area contributed by atoms with E-state index in [1.54, 1.807) is 0 Å². The molecule has 1 aromatic carbocycles. The van der Waals surface area contributed by atoms with E-state index in [1.807, 2.05) is 0 Å². The number of hydrogen-bond donors (Lipinski definition) is 1. The summed E-state index contributed by atoms with van der Waals surface area (Å²) in [7, 11) is 0. The molecule has 0 amide bonds. The fourth-order valence-corrected chi connectivity index (χ4v) is 0.721. The Bertz CT molecular complexity index is 323. The molecule has 2 N–H and O–H groups in total. The highest BCUT2D eigenvalue weighted by Gasteiger charge is 2.11. The molecule has 5 heteroatoms. The summed E-state index contributed by atoms with van der Waals surface area (Å²) in [6.45, 7) is 0. The van der Waals surface area contributed by atoms with Crippen molar-refractivity contribution in [2.45, 2.75) is 0 Å². The zero-order chi connectivity index (χ0) is 9.14. The minimum absolute atomic E-state index is 0.184. The van der Waals surface area contributed by atoms with Crippen molar-refractivity contribution in [2.75, 3.05) is 0 Å². The lowest BCUT2D eigenvalue weighted by Crippen LogP contribution is -1.97. The molecule has 0 aliphatic rings. The van der Waals surface area contributed by atoms with E-state index in [0.29, 0.717) is 0 Å². The smallest absolute Gasteiger partial charge is 0.195 e. The molecule has 0 fully saturated rings. The number of benzene rings is 1. The van der Waals surface area contributed by atoms with Crippen molar-refractivity contribution in [1.82, 2.24) is 0 Å². The molecule has 64 valence electrons. The van der Waals surface area contributed by atoms with Gasteiger partial charge in [0.05, 0.1) is 6.21 Å². The maximum atomic E-state index is 12.7. The van der Waals surface area contributed by atoms with E-state index in [9.17, 15) is 13.2 Å². The molecule has 1 aromatic rings. The summed E-state index contributed by atoms with van der Waals surface area (Å²) in [4.78, 5) is 0. The molecule has 0 saturated heterocycles. The van der Waals surface area contributed by atoms with Gasteiger partial charge in [0.25, 0.3) is 0 Å². The van der Waals surface area contributed by atoms with E-state index in [0.717, 1.165) is 18.3 Å². The van der Waals surface area contributed by atoms with Gasteiger partial charge >= 0.3 is 0 Å². The van der Waals surface area contributed by atoms with E-state index < -0.39 is 17.5 Å². The Kier molecular flexibility index (Phi) is 2.32. The zero-order valence-electron chi connectivity index (χ0n) is 5.89. The SMILES string of the molecule is NN=Cc1ccc(F)c(F)c1F. The first kappa shape index (κ1) is 8.58. The minimum atomic E-state index is -1.52. The van der Waals surface area contributed by atoms with E-state index in [4.69, 9.17) is 5.84 Å². The van der Waals surface area contributed by atoms with Crippen LogP contribution in [0.1, 0.15) is 5.56 Å². The Morgan fingerprint density at radius 2 is 1.83 bits per heavy atom. The van der Waals surface area contributed by atoms with Gasteiger partial charge in [-0.1, -0.05) is 0 Å². The van der Waals surface area contributed by atoms with Crippen molar-refractivity contribution in [3.05, 3.63) is 35.1 Å². The fraction of sp³-hybridized carbons (Fsp3) is 0. The van der Waals surface area contributed by atoms with Gasteiger partial charge in [-0.25, -0.2) is 13.2 Å². The number of hydrazone groups is 1. The third-order valence-electron chi connectivity index (χ3n) is 1.28. The lowest BCUT2D eigenvalue weighted by molar-refractivity contribution is 0.446. The van der Waals surface area contributed by atoms with Gasteiger partial charge in [-0.05, 0) is 12.1 Å². The summed E-state index contributed by atoms with van der Waals surface area (Å²) in [5.74, 6) is 0.661. The maximum Gasteiger partial charge on any atom is 0.195 e. The van der Waals surface area contributed by atoms with Crippen LogP contribution in [0.25, 0.3) is 0 Å². The van der Waals surface area contributed by atoms with Crippen LogP contribution < -0.4 is 5.84 Å². The predicted molar refractivity (Wildman–Crippen MR) is 38.1 cm³/mol. The zero-order valence-corrected chi connectivity index (χ0v) is 5.89. The highest BCUT2D eigenvalue weighted by Crippen LogP contribution is 2.13. The van der Waals surface area contributed by atoms with Crippen molar-refractivity contribution in [2.24, 2.45) is 10.9 Å². The molecular formula is C7H5F3N2. The molecular weight excluding hydrogens is 169 g/mol. The van der Waals surface area contributed by atoms with Crippen LogP contribution in [0.2, 0.25) is 0 Å². The molecule has 1 rings (SSSR count). The Morgan fingerprint density at radius 3 is 2.42 bits per heavy atom. The van der Waals surface area contributed by atoms with E-state index in [2.05, 4.69) is 5.10 Å². The van der Waals surface area contributed by atoms with E-state index >= 15 is 0 Å². The van der Waals surface area contributed by atoms with Crippen LogP contribution in [0.3, 0.4) is 0 Å². The largest absolute Gasteiger partial charge is 0.323 e. The minimum Gasteiger partial charge on any atom is -0.323 e. The highest BCUT2D eigenvalue weighted by atomic mass is 19.2. The highest BCUT2D eigenvalue weighted by molar-refractivity contribution is 5.79. The second-order valence-electron chi connectivity index (χ2n) is 2.04. The summed E-state index contributed by atoms with van der Waals surface area (Å²) in [5, 5.41) is 2.98. The topological polar surface area (TPSA) is 38.4 Å². The van der Waals surface area contributed by atoms with Gasteiger partial charge in [0.2, 0.25) is 0 Å². The Morgan fingerprint density at radius 1 is 1.17 bits per heavy atom. The first-order valence-corrected chi connectivity index (χ1v) is 3.03. The Labute approximate surface area is 66.5 Å². The van der Waals surface area contributed by atoms with Crippen LogP contribution in [0.15, 0.2) is 17.2 Å². The summed E-state index contributed by atoms with van der Waals surface area (Å²) in [5.41, 5.74) is -0.184. The summed E-state index contributed by atoms with van der Waals surface area (Å²) in [6.07, 6.45) is 0.901. The first-order valence-electron chi connectivity index (χ1n) is 3.03. The summed E-state index contributed by atoms with van der Waals surface area (Å²) >= 11 is 0. The quantitative estimate of drug-likeness (QED) is 0.297. The molecule has 0 spiro atoms. The number of rotatable bonds is 1. The maximum absolute atomic E-state index is 12.7. The number of nitrogens with two attached hydrogens (primary N) is 1. The molecule has 12 heavy (non-hydrogen) atoms. The predicted octanol–water partition coefficient (Wildman–Crippen LogP) is 1.40. The van der Waals surface area contributed by atoms with Gasteiger partial charge in [-0.3, -0.25) is 0 Å². The Balaban J connectivity index is 3.26. The molecule has 0 unspecified atom stereocenters. The second-order valence-corrected chi connectivity index (χ2v) is 2.04. The monoisotopic (exact) mass is 174 g/mol. The average molecular weight is 174 g/mol. The number of halogens is 3.